The van der Waals surface area contributed by atoms with E-state index in [-0.39, 0.29) is 29.6 Å². The van der Waals surface area contributed by atoms with E-state index in [1.165, 1.54) is 19.2 Å². The van der Waals surface area contributed by atoms with Crippen molar-refractivity contribution < 1.29 is 9.90 Å². The average molecular weight is 439 g/mol. The van der Waals surface area contributed by atoms with E-state index >= 15 is 0 Å². The third-order valence-electron chi connectivity index (χ3n) is 4.42. The van der Waals surface area contributed by atoms with Gasteiger partial charge in [-0.2, -0.15) is 0 Å². The molecule has 2 aromatic heterocycles. The zero-order valence-electron chi connectivity index (χ0n) is 16.6. The Hall–Kier alpha value is -3.83. The first-order valence-electron chi connectivity index (χ1n) is 9.33. The van der Waals surface area contributed by atoms with Crippen LogP contribution >= 0.6 is 11.6 Å². The number of pyridine rings is 1. The molecule has 31 heavy (non-hydrogen) atoms. The molecule has 0 aliphatic heterocycles. The Labute approximate surface area is 182 Å². The largest absolute Gasteiger partial charge is 0.508 e. The maximum absolute atomic E-state index is 12.5. The molecule has 9 heteroatoms. The summed E-state index contributed by atoms with van der Waals surface area (Å²) in [5.41, 5.74) is -0.114. The molecule has 2 N–H and O–H groups in total. The first kappa shape index (κ1) is 21.9. The average Bonchev–Trinajstić information content (AvgIpc) is 2.77. The molecule has 0 unspecified atom stereocenters. The Morgan fingerprint density at radius 3 is 2.77 bits per heavy atom. The van der Waals surface area contributed by atoms with Gasteiger partial charge < -0.3 is 10.4 Å². The van der Waals surface area contributed by atoms with Crippen LogP contribution in [0, 0.1) is 11.8 Å². The number of rotatable bonds is 5. The minimum Gasteiger partial charge on any atom is -0.508 e. The molecule has 2 heterocycles. The molecular formula is C22H19ClN4O4. The van der Waals surface area contributed by atoms with Crippen molar-refractivity contribution in [1.29, 1.82) is 0 Å². The number of aromatic nitrogens is 3. The number of carbonyl (C=O) groups excluding carboxylic acids is 1. The minimum absolute atomic E-state index is 0.0698. The van der Waals surface area contributed by atoms with E-state index in [1.54, 1.807) is 30.6 Å². The highest BCUT2D eigenvalue weighted by atomic mass is 35.5. The quantitative estimate of drug-likeness (QED) is 0.467. The Bertz CT molecular complexity index is 1290. The maximum Gasteiger partial charge on any atom is 0.332 e. The molecular weight excluding hydrogens is 420 g/mol. The summed E-state index contributed by atoms with van der Waals surface area (Å²) in [7, 11) is 1.30. The second kappa shape index (κ2) is 9.78. The van der Waals surface area contributed by atoms with Crippen molar-refractivity contribution >= 4 is 23.2 Å². The zero-order chi connectivity index (χ0) is 22.4. The summed E-state index contributed by atoms with van der Waals surface area (Å²) in [4.78, 5) is 41.3. The summed E-state index contributed by atoms with van der Waals surface area (Å²) >= 11 is 6.28. The number of anilines is 1. The highest BCUT2D eigenvalue weighted by molar-refractivity contribution is 6.32. The summed E-state index contributed by atoms with van der Waals surface area (Å²) in [6, 6.07) is 9.95. The van der Waals surface area contributed by atoms with Crippen molar-refractivity contribution in [3.8, 4) is 17.6 Å². The third-order valence-corrected chi connectivity index (χ3v) is 4.82. The number of hydrogen-bond donors (Lipinski definition) is 2. The Morgan fingerprint density at radius 1 is 1.26 bits per heavy atom. The van der Waals surface area contributed by atoms with Gasteiger partial charge in [-0.1, -0.05) is 35.6 Å². The van der Waals surface area contributed by atoms with Gasteiger partial charge in [0, 0.05) is 31.4 Å². The SMILES string of the molecule is Cn1c(=O)c(NC(=O)CCc2cccnc2)c(Cl)n(CC#Cc2cccc(O)c2)c1=O. The summed E-state index contributed by atoms with van der Waals surface area (Å²) in [5.74, 6) is 5.25. The molecule has 3 aromatic rings. The van der Waals surface area contributed by atoms with Crippen molar-refractivity contribution in [3.63, 3.8) is 0 Å². The fourth-order valence-corrected chi connectivity index (χ4v) is 3.06. The molecule has 0 fully saturated rings. The zero-order valence-corrected chi connectivity index (χ0v) is 17.4. The number of hydrogen-bond acceptors (Lipinski definition) is 5. The Morgan fingerprint density at radius 2 is 2.06 bits per heavy atom. The number of carbonyl (C=O) groups is 1. The van der Waals surface area contributed by atoms with Gasteiger partial charge in [0.1, 0.15) is 16.6 Å². The molecule has 0 bridgehead atoms. The van der Waals surface area contributed by atoms with Gasteiger partial charge in [-0.05, 0) is 36.2 Å². The van der Waals surface area contributed by atoms with Crippen LogP contribution in [0.25, 0.3) is 0 Å². The Kier molecular flexibility index (Phi) is 6.90. The van der Waals surface area contributed by atoms with Crippen molar-refractivity contribution in [3.05, 3.63) is 85.9 Å². The molecule has 158 valence electrons. The summed E-state index contributed by atoms with van der Waals surface area (Å²) < 4.78 is 1.95. The predicted molar refractivity (Wildman–Crippen MR) is 117 cm³/mol. The van der Waals surface area contributed by atoms with Crippen LogP contribution in [0.3, 0.4) is 0 Å². The first-order valence-corrected chi connectivity index (χ1v) is 9.70. The van der Waals surface area contributed by atoms with Gasteiger partial charge in [-0.15, -0.1) is 0 Å². The van der Waals surface area contributed by atoms with Gasteiger partial charge in [0.15, 0.2) is 0 Å². The van der Waals surface area contributed by atoms with E-state index in [2.05, 4.69) is 22.1 Å². The Balaban J connectivity index is 1.81. The van der Waals surface area contributed by atoms with E-state index < -0.39 is 17.2 Å². The molecule has 0 radical (unpaired) electrons. The van der Waals surface area contributed by atoms with Crippen LogP contribution in [0.5, 0.6) is 5.75 Å². The van der Waals surface area contributed by atoms with E-state index in [0.717, 1.165) is 14.7 Å². The van der Waals surface area contributed by atoms with Crippen molar-refractivity contribution in [2.75, 3.05) is 5.32 Å². The number of phenols is 1. The lowest BCUT2D eigenvalue weighted by Crippen LogP contribution is -2.40. The van der Waals surface area contributed by atoms with Crippen LogP contribution in [-0.4, -0.2) is 25.1 Å². The lowest BCUT2D eigenvalue weighted by atomic mass is 10.1. The molecule has 8 nitrogen and oxygen atoms in total. The van der Waals surface area contributed by atoms with Crippen LogP contribution in [0.4, 0.5) is 5.69 Å². The summed E-state index contributed by atoms with van der Waals surface area (Å²) in [6.45, 7) is -0.111. The van der Waals surface area contributed by atoms with Crippen LogP contribution in [-0.2, 0) is 24.8 Å². The standard InChI is InChI=1S/C22H19ClN4O4/c1-26-21(30)19(25-18(29)10-9-16-6-3-11-24-14-16)20(23)27(22(26)31)12-4-7-15-5-2-8-17(28)13-15/h2-3,5-6,8,11,13-14,28H,9-10,12H2,1H3,(H,25,29). The number of nitrogens with zero attached hydrogens (tertiary/aromatic N) is 3. The first-order chi connectivity index (χ1) is 14.9. The lowest BCUT2D eigenvalue weighted by molar-refractivity contribution is -0.116. The van der Waals surface area contributed by atoms with Crippen LogP contribution in [0.1, 0.15) is 17.5 Å². The van der Waals surface area contributed by atoms with E-state index in [9.17, 15) is 19.5 Å². The van der Waals surface area contributed by atoms with E-state index in [1.807, 2.05) is 6.07 Å². The fourth-order valence-electron chi connectivity index (χ4n) is 2.79. The van der Waals surface area contributed by atoms with Crippen molar-refractivity contribution in [2.45, 2.75) is 19.4 Å². The molecule has 0 aliphatic rings. The molecule has 3 rings (SSSR count). The van der Waals surface area contributed by atoms with Gasteiger partial charge in [0.2, 0.25) is 5.91 Å². The molecule has 0 spiro atoms. The predicted octanol–water partition coefficient (Wildman–Crippen LogP) is 1.92. The van der Waals surface area contributed by atoms with Crippen LogP contribution in [0.2, 0.25) is 5.15 Å². The van der Waals surface area contributed by atoms with Gasteiger partial charge in [0.25, 0.3) is 5.56 Å². The molecule has 1 amide bonds. The molecule has 0 saturated heterocycles. The maximum atomic E-state index is 12.5. The van der Waals surface area contributed by atoms with Gasteiger partial charge in [-0.3, -0.25) is 23.7 Å². The van der Waals surface area contributed by atoms with Crippen molar-refractivity contribution in [1.82, 2.24) is 14.1 Å². The summed E-state index contributed by atoms with van der Waals surface area (Å²) in [5, 5.41) is 11.8. The number of nitrogens with one attached hydrogen (secondary N) is 1. The number of phenolic OH excluding ortho intramolecular Hbond substituents is 1. The second-order valence-corrected chi connectivity index (χ2v) is 7.02. The van der Waals surface area contributed by atoms with Crippen molar-refractivity contribution in [2.24, 2.45) is 7.05 Å². The van der Waals surface area contributed by atoms with E-state index in [4.69, 9.17) is 11.6 Å². The fraction of sp³-hybridized carbons (Fsp3) is 0.182. The number of aromatic hydroxyl groups is 1. The molecule has 0 atom stereocenters. The van der Waals surface area contributed by atoms with Gasteiger partial charge in [-0.25, -0.2) is 4.79 Å². The van der Waals surface area contributed by atoms with E-state index in [0.29, 0.717) is 12.0 Å². The number of amides is 1. The summed E-state index contributed by atoms with van der Waals surface area (Å²) in [6.07, 6.45) is 3.85. The highest BCUT2D eigenvalue weighted by Crippen LogP contribution is 2.16. The van der Waals surface area contributed by atoms with Gasteiger partial charge in [0.05, 0.1) is 6.54 Å². The highest BCUT2D eigenvalue weighted by Gasteiger charge is 2.17. The topological polar surface area (TPSA) is 106 Å². The normalized spacial score (nSPS) is 10.3. The smallest absolute Gasteiger partial charge is 0.332 e. The number of aryl methyl sites for hydroxylation is 1. The third kappa shape index (κ3) is 5.41. The van der Waals surface area contributed by atoms with Crippen LogP contribution in [0.15, 0.2) is 58.4 Å². The minimum atomic E-state index is -0.707. The van der Waals surface area contributed by atoms with Crippen LogP contribution < -0.4 is 16.6 Å². The number of benzene rings is 1. The lowest BCUT2D eigenvalue weighted by Gasteiger charge is -2.13. The van der Waals surface area contributed by atoms with Gasteiger partial charge >= 0.3 is 5.69 Å². The molecule has 0 saturated carbocycles. The molecule has 1 aromatic carbocycles. The number of halogens is 1. The molecule has 0 aliphatic carbocycles. The monoisotopic (exact) mass is 438 g/mol. The second-order valence-electron chi connectivity index (χ2n) is 6.66.